The van der Waals surface area contributed by atoms with Crippen LogP contribution in [0.25, 0.3) is 6.08 Å². The predicted molar refractivity (Wildman–Crippen MR) is 138 cm³/mol. The molecule has 206 valence electrons. The fourth-order valence-corrected chi connectivity index (χ4v) is 7.76. The number of rotatable bonds is 4. The first-order valence-electron chi connectivity index (χ1n) is 13.3. The maximum absolute atomic E-state index is 13.4. The molecule has 2 aromatic rings. The van der Waals surface area contributed by atoms with E-state index in [2.05, 4.69) is 18.0 Å². The number of hydrogen-bond donors (Lipinski definition) is 0. The lowest BCUT2D eigenvalue weighted by Crippen LogP contribution is -2.78. The van der Waals surface area contributed by atoms with Crippen LogP contribution in [0.3, 0.4) is 0 Å². The second kappa shape index (κ2) is 8.84. The van der Waals surface area contributed by atoms with Crippen molar-refractivity contribution in [1.82, 2.24) is 9.80 Å². The molecular formula is C30H31F3N2O4. The number of piperidine rings is 1. The summed E-state index contributed by atoms with van der Waals surface area (Å²) in [5.74, 6) is 0.213. The quantitative estimate of drug-likeness (QED) is 0.419. The van der Waals surface area contributed by atoms with Crippen molar-refractivity contribution in [2.24, 2.45) is 0 Å². The Hall–Kier alpha value is -3.33. The molecule has 0 unspecified atom stereocenters. The van der Waals surface area contributed by atoms with Gasteiger partial charge in [0, 0.05) is 25.6 Å². The number of halogens is 3. The number of carbonyl (C=O) groups is 2. The lowest BCUT2D eigenvalue weighted by molar-refractivity contribution is -0.220. The molecule has 1 spiro atoms. The third-order valence-electron chi connectivity index (χ3n) is 9.38. The van der Waals surface area contributed by atoms with Crippen molar-refractivity contribution < 1.29 is 32.2 Å². The van der Waals surface area contributed by atoms with Crippen LogP contribution >= 0.6 is 0 Å². The number of esters is 1. The molecule has 2 aromatic carbocycles. The Morgan fingerprint density at radius 3 is 2.59 bits per heavy atom. The molecule has 39 heavy (non-hydrogen) atoms. The number of amides is 1. The summed E-state index contributed by atoms with van der Waals surface area (Å²) >= 11 is 0. The summed E-state index contributed by atoms with van der Waals surface area (Å²) in [5.41, 5.74) is 0.751. The standard InChI is InChI=1S/C30H31F3N2O4/c1-18(36)39-29-14-13-22(35(3)25(37)12-9-19-7-10-21(11-8-19)30(31,32)33)27-28(29)15-16-34(2)24(29)17-20-5-4-6-23(38-27)26(20)28/h4-12,22,24,27H,13-17H2,1-3H3/t22-,24-,27+,28+,29-/m1/s1. The van der Waals surface area contributed by atoms with E-state index in [-0.39, 0.29) is 24.0 Å². The zero-order valence-electron chi connectivity index (χ0n) is 22.1. The highest BCUT2D eigenvalue weighted by Gasteiger charge is 2.75. The number of nitrogens with zero attached hydrogens (tertiary/aromatic N) is 2. The number of likely N-dealkylation sites (tertiary alicyclic amines) is 1. The monoisotopic (exact) mass is 540 g/mol. The molecule has 2 aliphatic heterocycles. The molecule has 2 heterocycles. The highest BCUT2D eigenvalue weighted by atomic mass is 19.4. The van der Waals surface area contributed by atoms with Gasteiger partial charge in [-0.25, -0.2) is 0 Å². The first-order valence-corrected chi connectivity index (χ1v) is 13.3. The Kier molecular flexibility index (Phi) is 5.88. The van der Waals surface area contributed by atoms with Gasteiger partial charge in [0.05, 0.1) is 23.1 Å². The molecule has 0 radical (unpaired) electrons. The summed E-state index contributed by atoms with van der Waals surface area (Å²) in [6.07, 6.45) is 0.792. The molecular weight excluding hydrogens is 509 g/mol. The normalized spacial score (nSPS) is 31.0. The number of ether oxygens (including phenoxy) is 2. The maximum Gasteiger partial charge on any atom is 0.416 e. The number of carbonyl (C=O) groups excluding carboxylic acids is 2. The average molecular weight is 541 g/mol. The Bertz CT molecular complexity index is 1360. The van der Waals surface area contributed by atoms with E-state index in [4.69, 9.17) is 9.47 Å². The largest absolute Gasteiger partial charge is 0.487 e. The number of alkyl halides is 3. The lowest BCUT2D eigenvalue weighted by Gasteiger charge is -2.65. The summed E-state index contributed by atoms with van der Waals surface area (Å²) in [6.45, 7) is 2.28. The van der Waals surface area contributed by atoms with Crippen molar-refractivity contribution in [2.45, 2.75) is 68.0 Å². The van der Waals surface area contributed by atoms with Crippen molar-refractivity contribution in [3.8, 4) is 5.75 Å². The van der Waals surface area contributed by atoms with Crippen molar-refractivity contribution in [3.63, 3.8) is 0 Å². The van der Waals surface area contributed by atoms with Gasteiger partial charge in [0.25, 0.3) is 0 Å². The Morgan fingerprint density at radius 2 is 1.90 bits per heavy atom. The minimum atomic E-state index is -4.41. The third-order valence-corrected chi connectivity index (χ3v) is 9.38. The molecule has 2 bridgehead atoms. The van der Waals surface area contributed by atoms with Gasteiger partial charge >= 0.3 is 12.1 Å². The van der Waals surface area contributed by atoms with Crippen LogP contribution in [0.4, 0.5) is 13.2 Å². The van der Waals surface area contributed by atoms with Crippen molar-refractivity contribution >= 4 is 18.0 Å². The molecule has 9 heteroatoms. The van der Waals surface area contributed by atoms with E-state index in [1.807, 2.05) is 12.1 Å². The topological polar surface area (TPSA) is 59.1 Å². The number of hydrogen-bond acceptors (Lipinski definition) is 5. The lowest BCUT2D eigenvalue weighted by atomic mass is 9.48. The van der Waals surface area contributed by atoms with Gasteiger partial charge in [-0.2, -0.15) is 13.2 Å². The highest BCUT2D eigenvalue weighted by Crippen LogP contribution is 2.65. The Labute approximate surface area is 225 Å². The van der Waals surface area contributed by atoms with Gasteiger partial charge in [-0.05, 0) is 74.7 Å². The summed E-state index contributed by atoms with van der Waals surface area (Å²) in [5, 5.41) is 0. The van der Waals surface area contributed by atoms with Crippen LogP contribution in [-0.4, -0.2) is 66.1 Å². The molecule has 1 saturated carbocycles. The number of benzene rings is 2. The van der Waals surface area contributed by atoms with Crippen molar-refractivity contribution in [3.05, 3.63) is 70.8 Å². The minimum Gasteiger partial charge on any atom is -0.487 e. The van der Waals surface area contributed by atoms with E-state index in [1.54, 1.807) is 11.9 Å². The maximum atomic E-state index is 13.4. The summed E-state index contributed by atoms with van der Waals surface area (Å²) in [6, 6.07) is 10.5. The van der Waals surface area contributed by atoms with Crippen LogP contribution in [0.2, 0.25) is 0 Å². The first-order chi connectivity index (χ1) is 18.5. The van der Waals surface area contributed by atoms with Gasteiger partial charge in [-0.1, -0.05) is 24.3 Å². The molecule has 0 N–H and O–H groups in total. The fourth-order valence-electron chi connectivity index (χ4n) is 7.76. The second-order valence-electron chi connectivity index (χ2n) is 11.2. The summed E-state index contributed by atoms with van der Waals surface area (Å²) in [7, 11) is 3.82. The second-order valence-corrected chi connectivity index (χ2v) is 11.2. The molecule has 2 fully saturated rings. The minimum absolute atomic E-state index is 0.00336. The zero-order chi connectivity index (χ0) is 27.7. The van der Waals surface area contributed by atoms with E-state index in [1.165, 1.54) is 36.8 Å². The highest BCUT2D eigenvalue weighted by molar-refractivity contribution is 5.92. The van der Waals surface area contributed by atoms with Crippen LogP contribution < -0.4 is 4.74 Å². The first kappa shape index (κ1) is 25.9. The summed E-state index contributed by atoms with van der Waals surface area (Å²) in [4.78, 5) is 29.9. The zero-order valence-corrected chi connectivity index (χ0v) is 22.1. The van der Waals surface area contributed by atoms with Gasteiger partial charge in [-0.3, -0.25) is 14.5 Å². The van der Waals surface area contributed by atoms with E-state index in [9.17, 15) is 22.8 Å². The van der Waals surface area contributed by atoms with Crippen LogP contribution in [0.15, 0.2) is 48.5 Å². The molecule has 6 rings (SSSR count). The molecule has 1 saturated heterocycles. The van der Waals surface area contributed by atoms with Crippen LogP contribution in [0.5, 0.6) is 5.75 Å². The van der Waals surface area contributed by atoms with Crippen LogP contribution in [0, 0.1) is 0 Å². The SMILES string of the molecule is CC(=O)O[C@@]12CC[C@@H](N(C)C(=O)C=Cc3ccc(C(F)(F)F)cc3)[C@@H]3Oc4cccc5c4[C@@]31CCN(C)[C@@H]2C5. The van der Waals surface area contributed by atoms with E-state index >= 15 is 0 Å². The predicted octanol–water partition coefficient (Wildman–Crippen LogP) is 4.60. The van der Waals surface area contributed by atoms with Gasteiger partial charge in [0.2, 0.25) is 5.91 Å². The van der Waals surface area contributed by atoms with Crippen LogP contribution in [0.1, 0.15) is 48.4 Å². The third kappa shape index (κ3) is 3.72. The van der Waals surface area contributed by atoms with Gasteiger partial charge < -0.3 is 14.4 Å². The molecule has 1 amide bonds. The molecule has 0 aromatic heterocycles. The fraction of sp³-hybridized carbons (Fsp3) is 0.467. The van der Waals surface area contributed by atoms with Crippen LogP contribution in [-0.2, 0) is 32.3 Å². The van der Waals surface area contributed by atoms with Crippen molar-refractivity contribution in [1.29, 1.82) is 0 Å². The van der Waals surface area contributed by atoms with Gasteiger partial charge in [0.1, 0.15) is 17.5 Å². The molecule has 4 aliphatic rings. The smallest absolute Gasteiger partial charge is 0.416 e. The van der Waals surface area contributed by atoms with E-state index in [0.29, 0.717) is 18.4 Å². The molecule has 6 nitrogen and oxygen atoms in total. The Morgan fingerprint density at radius 1 is 1.15 bits per heavy atom. The van der Waals surface area contributed by atoms with Gasteiger partial charge in [0.15, 0.2) is 0 Å². The Balaban J connectivity index is 1.33. The molecule has 5 atom stereocenters. The van der Waals surface area contributed by atoms with Crippen molar-refractivity contribution in [2.75, 3.05) is 20.6 Å². The molecule has 2 aliphatic carbocycles. The van der Waals surface area contributed by atoms with E-state index < -0.39 is 28.9 Å². The van der Waals surface area contributed by atoms with E-state index in [0.717, 1.165) is 42.8 Å². The average Bonchev–Trinajstić information content (AvgIpc) is 3.23. The number of likely N-dealkylation sites (N-methyl/N-ethyl adjacent to an activating group) is 2. The summed E-state index contributed by atoms with van der Waals surface area (Å²) < 4.78 is 51.7. The van der Waals surface area contributed by atoms with Gasteiger partial charge in [-0.15, -0.1) is 0 Å².